The molecule has 1 aliphatic carbocycles. The van der Waals surface area contributed by atoms with Crippen LogP contribution in [0.25, 0.3) is 0 Å². The molecule has 2 heteroatoms. The van der Waals surface area contributed by atoms with Crippen molar-refractivity contribution in [2.24, 2.45) is 16.6 Å². The molecule has 2 N–H and O–H groups in total. The van der Waals surface area contributed by atoms with Crippen LogP contribution < -0.4 is 5.73 Å². The van der Waals surface area contributed by atoms with E-state index in [1.165, 1.54) is 12.8 Å². The lowest BCUT2D eigenvalue weighted by molar-refractivity contribution is -0.141. The Balaban J connectivity index is 2.09. The van der Waals surface area contributed by atoms with Crippen LogP contribution >= 0.6 is 0 Å². The summed E-state index contributed by atoms with van der Waals surface area (Å²) in [6.45, 7) is 5.03. The van der Waals surface area contributed by atoms with Crippen LogP contribution in [-0.2, 0) is 4.74 Å². The lowest BCUT2D eigenvalue weighted by Gasteiger charge is -2.44. The monoisotopic (exact) mass is 141 g/mol. The Bertz CT molecular complexity index is 145. The second-order valence-electron chi connectivity index (χ2n) is 4.04. The molecule has 10 heavy (non-hydrogen) atoms. The second kappa shape index (κ2) is 1.74. The van der Waals surface area contributed by atoms with Crippen LogP contribution in [0, 0.1) is 10.8 Å². The Hall–Kier alpha value is -0.0800. The van der Waals surface area contributed by atoms with Crippen molar-refractivity contribution in [3.63, 3.8) is 0 Å². The minimum absolute atomic E-state index is 0.432. The molecule has 58 valence electrons. The predicted octanol–water partition coefficient (Wildman–Crippen LogP) is 0.762. The van der Waals surface area contributed by atoms with Crippen molar-refractivity contribution in [1.29, 1.82) is 0 Å². The van der Waals surface area contributed by atoms with E-state index in [1.54, 1.807) is 0 Å². The minimum Gasteiger partial charge on any atom is -0.380 e. The molecular weight excluding hydrogens is 126 g/mol. The average Bonchev–Trinajstić information content (AvgIpc) is 2.63. The van der Waals surface area contributed by atoms with Crippen LogP contribution in [-0.4, -0.2) is 19.8 Å². The smallest absolute Gasteiger partial charge is 0.0547 e. The van der Waals surface area contributed by atoms with E-state index in [0.717, 1.165) is 19.8 Å². The average molecular weight is 141 g/mol. The molecule has 1 aliphatic heterocycles. The second-order valence-corrected chi connectivity index (χ2v) is 4.04. The third-order valence-electron chi connectivity index (χ3n) is 3.37. The lowest BCUT2D eigenvalue weighted by atomic mass is 9.72. The fourth-order valence-corrected chi connectivity index (χ4v) is 1.92. The maximum Gasteiger partial charge on any atom is 0.0547 e. The normalized spacial score (nSPS) is 33.0. The number of hydrogen-bond acceptors (Lipinski definition) is 2. The van der Waals surface area contributed by atoms with Gasteiger partial charge in [0.25, 0.3) is 0 Å². The molecule has 0 atom stereocenters. The summed E-state index contributed by atoms with van der Waals surface area (Å²) >= 11 is 0. The quantitative estimate of drug-likeness (QED) is 0.616. The first-order valence-electron chi connectivity index (χ1n) is 4.00. The largest absolute Gasteiger partial charge is 0.380 e. The third kappa shape index (κ3) is 0.611. The van der Waals surface area contributed by atoms with Crippen LogP contribution in [0.5, 0.6) is 0 Å². The van der Waals surface area contributed by atoms with Gasteiger partial charge in [0.15, 0.2) is 0 Å². The van der Waals surface area contributed by atoms with Crippen LogP contribution in [0.2, 0.25) is 0 Å². The highest BCUT2D eigenvalue weighted by atomic mass is 16.5. The van der Waals surface area contributed by atoms with Gasteiger partial charge in [-0.15, -0.1) is 0 Å². The third-order valence-corrected chi connectivity index (χ3v) is 3.37. The molecule has 0 bridgehead atoms. The molecule has 0 aromatic carbocycles. The molecule has 2 fully saturated rings. The molecule has 0 amide bonds. The van der Waals surface area contributed by atoms with Crippen molar-refractivity contribution in [3.05, 3.63) is 0 Å². The molecule has 0 aromatic heterocycles. The van der Waals surface area contributed by atoms with E-state index >= 15 is 0 Å². The molecule has 2 rings (SSSR count). The molecule has 1 saturated heterocycles. The summed E-state index contributed by atoms with van der Waals surface area (Å²) < 4.78 is 5.21. The van der Waals surface area contributed by atoms with Crippen molar-refractivity contribution in [3.8, 4) is 0 Å². The molecular formula is C8H15NO. The van der Waals surface area contributed by atoms with E-state index in [4.69, 9.17) is 10.5 Å². The fourth-order valence-electron chi connectivity index (χ4n) is 1.92. The van der Waals surface area contributed by atoms with Gasteiger partial charge in [-0.3, -0.25) is 0 Å². The highest BCUT2D eigenvalue weighted by Gasteiger charge is 2.58. The minimum atomic E-state index is 0.432. The van der Waals surface area contributed by atoms with E-state index in [2.05, 4.69) is 6.92 Å². The summed E-state index contributed by atoms with van der Waals surface area (Å²) in [4.78, 5) is 0. The van der Waals surface area contributed by atoms with E-state index < -0.39 is 0 Å². The lowest BCUT2D eigenvalue weighted by Crippen LogP contribution is -2.49. The molecule has 2 nitrogen and oxygen atoms in total. The molecule has 0 radical (unpaired) electrons. The van der Waals surface area contributed by atoms with Crippen molar-refractivity contribution >= 4 is 0 Å². The van der Waals surface area contributed by atoms with Gasteiger partial charge in [-0.05, 0) is 24.8 Å². The summed E-state index contributed by atoms with van der Waals surface area (Å²) in [5.41, 5.74) is 6.62. The zero-order chi connectivity index (χ0) is 7.24. The van der Waals surface area contributed by atoms with E-state index in [-0.39, 0.29) is 0 Å². The molecule has 1 heterocycles. The Morgan fingerprint density at radius 3 is 2.10 bits per heavy atom. The summed E-state index contributed by atoms with van der Waals surface area (Å²) in [5, 5.41) is 0. The predicted molar refractivity (Wildman–Crippen MR) is 39.6 cm³/mol. The van der Waals surface area contributed by atoms with Crippen LogP contribution in [0.4, 0.5) is 0 Å². The Morgan fingerprint density at radius 2 is 2.00 bits per heavy atom. The van der Waals surface area contributed by atoms with Gasteiger partial charge >= 0.3 is 0 Å². The van der Waals surface area contributed by atoms with Gasteiger partial charge in [0.05, 0.1) is 13.2 Å². The summed E-state index contributed by atoms with van der Waals surface area (Å²) in [5.74, 6) is 0. The van der Waals surface area contributed by atoms with Crippen LogP contribution in [0.15, 0.2) is 0 Å². The molecule has 0 unspecified atom stereocenters. The zero-order valence-electron chi connectivity index (χ0n) is 6.52. The van der Waals surface area contributed by atoms with Crippen LogP contribution in [0.3, 0.4) is 0 Å². The molecule has 2 aliphatic rings. The molecule has 1 saturated carbocycles. The van der Waals surface area contributed by atoms with Crippen LogP contribution in [0.1, 0.15) is 19.8 Å². The SMILES string of the molecule is CC1(C2(CN)CC2)COC1. The highest BCUT2D eigenvalue weighted by molar-refractivity contribution is 5.08. The van der Waals surface area contributed by atoms with Crippen molar-refractivity contribution in [1.82, 2.24) is 0 Å². The van der Waals surface area contributed by atoms with Crippen molar-refractivity contribution < 1.29 is 4.74 Å². The van der Waals surface area contributed by atoms with Gasteiger partial charge in [-0.25, -0.2) is 0 Å². The molecule has 0 spiro atoms. The van der Waals surface area contributed by atoms with Crippen molar-refractivity contribution in [2.75, 3.05) is 19.8 Å². The summed E-state index contributed by atoms with van der Waals surface area (Å²) in [6.07, 6.45) is 2.65. The number of hydrogen-bond donors (Lipinski definition) is 1. The van der Waals surface area contributed by atoms with E-state index in [1.807, 2.05) is 0 Å². The first-order chi connectivity index (χ1) is 4.72. The first kappa shape index (κ1) is 6.62. The van der Waals surface area contributed by atoms with E-state index in [0.29, 0.717) is 10.8 Å². The fraction of sp³-hybridized carbons (Fsp3) is 1.00. The number of nitrogens with two attached hydrogens (primary N) is 1. The van der Waals surface area contributed by atoms with Gasteiger partial charge in [0, 0.05) is 5.41 Å². The summed E-state index contributed by atoms with van der Waals surface area (Å²) in [7, 11) is 0. The summed E-state index contributed by atoms with van der Waals surface area (Å²) in [6, 6.07) is 0. The van der Waals surface area contributed by atoms with Gasteiger partial charge in [0.2, 0.25) is 0 Å². The Kier molecular flexibility index (Phi) is 1.15. The first-order valence-corrected chi connectivity index (χ1v) is 4.00. The molecule has 0 aromatic rings. The maximum atomic E-state index is 5.71. The topological polar surface area (TPSA) is 35.2 Å². The van der Waals surface area contributed by atoms with Gasteiger partial charge in [-0.2, -0.15) is 0 Å². The van der Waals surface area contributed by atoms with Gasteiger partial charge in [0.1, 0.15) is 0 Å². The zero-order valence-corrected chi connectivity index (χ0v) is 6.52. The van der Waals surface area contributed by atoms with E-state index in [9.17, 15) is 0 Å². The standard InChI is InChI=1S/C8H15NO/c1-7(5-10-6-7)8(4-9)2-3-8/h2-6,9H2,1H3. The highest BCUT2D eigenvalue weighted by Crippen LogP contribution is 2.60. The Labute approximate surface area is 61.7 Å². The Morgan fingerprint density at radius 1 is 1.40 bits per heavy atom. The van der Waals surface area contributed by atoms with Gasteiger partial charge in [-0.1, -0.05) is 6.92 Å². The maximum absolute atomic E-state index is 5.71. The van der Waals surface area contributed by atoms with Crippen molar-refractivity contribution in [2.45, 2.75) is 19.8 Å². The number of ether oxygens (including phenoxy) is 1. The van der Waals surface area contributed by atoms with Gasteiger partial charge < -0.3 is 10.5 Å². The number of rotatable bonds is 2.